The summed E-state index contributed by atoms with van der Waals surface area (Å²) in [6.07, 6.45) is 4.86. The van der Waals surface area contributed by atoms with E-state index in [4.69, 9.17) is 15.2 Å². The third-order valence-corrected chi connectivity index (χ3v) is 4.00. The highest BCUT2D eigenvalue weighted by molar-refractivity contribution is 9.10. The van der Waals surface area contributed by atoms with E-state index in [1.54, 1.807) is 25.5 Å². The molecule has 2 N–H and O–H groups in total. The molecule has 0 bridgehead atoms. The molecule has 0 amide bonds. The minimum atomic E-state index is 0.249. The van der Waals surface area contributed by atoms with Gasteiger partial charge in [0.15, 0.2) is 0 Å². The first-order chi connectivity index (χ1) is 12.5. The summed E-state index contributed by atoms with van der Waals surface area (Å²) in [7, 11) is 0. The van der Waals surface area contributed by atoms with Gasteiger partial charge in [0.1, 0.15) is 13.2 Å². The summed E-state index contributed by atoms with van der Waals surface area (Å²) in [6, 6.07) is 7.94. The molecule has 2 rings (SSSR count). The van der Waals surface area contributed by atoms with Gasteiger partial charge in [-0.05, 0) is 40.5 Å². The summed E-state index contributed by atoms with van der Waals surface area (Å²) >= 11 is 6.68. The van der Waals surface area contributed by atoms with Gasteiger partial charge in [0.05, 0.1) is 10.0 Å². The second kappa shape index (κ2) is 10.1. The first-order valence-electron chi connectivity index (χ1n) is 7.68. The fraction of sp³-hybridized carbons (Fsp3) is 0.167. The van der Waals surface area contributed by atoms with Gasteiger partial charge in [-0.2, -0.15) is 0 Å². The molecular formula is C18H18Br2N4O2. The first-order valence-corrected chi connectivity index (χ1v) is 9.26. The Balaban J connectivity index is 2.11. The summed E-state index contributed by atoms with van der Waals surface area (Å²) in [5.41, 5.74) is 7.83. The number of ether oxygens (including phenoxy) is 2. The molecule has 0 radical (unpaired) electrons. The summed E-state index contributed by atoms with van der Waals surface area (Å²) in [5, 5.41) is 0. The van der Waals surface area contributed by atoms with Gasteiger partial charge in [0, 0.05) is 28.8 Å². The van der Waals surface area contributed by atoms with Crippen molar-refractivity contribution in [3.63, 3.8) is 0 Å². The molecule has 0 atom stereocenters. The molecule has 6 nitrogen and oxygen atoms in total. The molecule has 1 aromatic heterocycles. The molecule has 0 unspecified atom stereocenters. The lowest BCUT2D eigenvalue weighted by atomic mass is 10.0. The van der Waals surface area contributed by atoms with E-state index >= 15 is 0 Å². The highest BCUT2D eigenvalue weighted by Gasteiger charge is 2.12. The molecule has 0 saturated heterocycles. The van der Waals surface area contributed by atoms with Crippen LogP contribution in [0.15, 0.2) is 68.8 Å². The maximum absolute atomic E-state index is 5.97. The topological polar surface area (TPSA) is 82.6 Å². The molecule has 0 aliphatic carbocycles. The van der Waals surface area contributed by atoms with Crippen LogP contribution in [0.4, 0.5) is 0 Å². The van der Waals surface area contributed by atoms with Crippen LogP contribution < -0.4 is 10.5 Å². The van der Waals surface area contributed by atoms with Crippen molar-refractivity contribution in [2.45, 2.75) is 6.92 Å². The lowest BCUT2D eigenvalue weighted by molar-refractivity contribution is 0.150. The lowest BCUT2D eigenvalue weighted by Crippen LogP contribution is -2.10. The van der Waals surface area contributed by atoms with Crippen molar-refractivity contribution < 1.29 is 9.47 Å². The van der Waals surface area contributed by atoms with Crippen LogP contribution in [0.2, 0.25) is 0 Å². The second-order valence-corrected chi connectivity index (χ2v) is 6.81. The van der Waals surface area contributed by atoms with E-state index in [0.29, 0.717) is 17.2 Å². The first kappa shape index (κ1) is 20.1. The number of hydrogen-bond donors (Lipinski definition) is 1. The van der Waals surface area contributed by atoms with E-state index in [1.807, 2.05) is 24.3 Å². The average Bonchev–Trinajstić information content (AvgIpc) is 2.61. The maximum atomic E-state index is 5.97. The van der Waals surface area contributed by atoms with E-state index < -0.39 is 0 Å². The van der Waals surface area contributed by atoms with E-state index in [-0.39, 0.29) is 19.2 Å². The zero-order valence-corrected chi connectivity index (χ0v) is 17.3. The number of nitrogens with two attached hydrogens (primary N) is 1. The fourth-order valence-electron chi connectivity index (χ4n) is 2.00. The Morgan fingerprint density at radius 3 is 2.38 bits per heavy atom. The van der Waals surface area contributed by atoms with Crippen LogP contribution in [0, 0.1) is 0 Å². The van der Waals surface area contributed by atoms with Crippen molar-refractivity contribution in [2.24, 2.45) is 10.7 Å². The van der Waals surface area contributed by atoms with Crippen molar-refractivity contribution in [1.29, 1.82) is 0 Å². The van der Waals surface area contributed by atoms with Crippen molar-refractivity contribution in [3.05, 3.63) is 69.3 Å². The maximum Gasteiger partial charge on any atom is 0.316 e. The van der Waals surface area contributed by atoms with Crippen molar-refractivity contribution in [1.82, 2.24) is 9.97 Å². The van der Waals surface area contributed by atoms with Crippen LogP contribution in [0.1, 0.15) is 12.5 Å². The molecule has 136 valence electrons. The quantitative estimate of drug-likeness (QED) is 0.262. The van der Waals surface area contributed by atoms with Gasteiger partial charge in [-0.1, -0.05) is 34.6 Å². The van der Waals surface area contributed by atoms with Crippen molar-refractivity contribution in [2.75, 3.05) is 13.2 Å². The van der Waals surface area contributed by atoms with E-state index in [1.165, 1.54) is 0 Å². The SMILES string of the molecule is C=C(N)/C(=C(\N=C/C)OCCOc1ncc(Br)cn1)c1ccc(Br)cc1. The van der Waals surface area contributed by atoms with Crippen LogP contribution in [-0.4, -0.2) is 29.4 Å². The fourth-order valence-corrected chi connectivity index (χ4v) is 2.47. The number of aromatic nitrogens is 2. The van der Waals surface area contributed by atoms with Gasteiger partial charge in [-0.15, -0.1) is 0 Å². The third-order valence-electron chi connectivity index (χ3n) is 3.06. The minimum Gasteiger partial charge on any atom is -0.474 e. The largest absolute Gasteiger partial charge is 0.474 e. The Kier molecular flexibility index (Phi) is 7.80. The van der Waals surface area contributed by atoms with Crippen molar-refractivity contribution in [3.8, 4) is 6.01 Å². The Bertz CT molecular complexity index is 803. The number of rotatable bonds is 8. The number of halogens is 2. The summed E-state index contributed by atoms with van der Waals surface area (Å²) in [6.45, 7) is 6.15. The molecule has 1 aromatic carbocycles. The Morgan fingerprint density at radius 1 is 1.15 bits per heavy atom. The summed E-state index contributed by atoms with van der Waals surface area (Å²) in [4.78, 5) is 12.4. The summed E-state index contributed by atoms with van der Waals surface area (Å²) in [5.74, 6) is 0.377. The van der Waals surface area contributed by atoms with Crippen LogP contribution in [0.3, 0.4) is 0 Å². The molecule has 0 spiro atoms. The number of benzene rings is 1. The van der Waals surface area contributed by atoms with Crippen LogP contribution in [0.5, 0.6) is 6.01 Å². The monoisotopic (exact) mass is 480 g/mol. The zero-order valence-electron chi connectivity index (χ0n) is 14.2. The number of allylic oxidation sites excluding steroid dienone is 1. The van der Waals surface area contributed by atoms with Crippen molar-refractivity contribution >= 4 is 43.6 Å². The van der Waals surface area contributed by atoms with E-state index in [0.717, 1.165) is 14.5 Å². The predicted octanol–water partition coefficient (Wildman–Crippen LogP) is 4.33. The molecule has 1 heterocycles. The van der Waals surface area contributed by atoms with E-state index in [2.05, 4.69) is 53.4 Å². The molecule has 0 saturated carbocycles. The predicted molar refractivity (Wildman–Crippen MR) is 110 cm³/mol. The molecule has 2 aromatic rings. The van der Waals surface area contributed by atoms with Gasteiger partial charge in [-0.25, -0.2) is 15.0 Å². The molecular weight excluding hydrogens is 464 g/mol. The van der Waals surface area contributed by atoms with Crippen LogP contribution >= 0.6 is 31.9 Å². The third kappa shape index (κ3) is 5.96. The van der Waals surface area contributed by atoms with Crippen LogP contribution in [-0.2, 0) is 4.74 Å². The van der Waals surface area contributed by atoms with E-state index in [9.17, 15) is 0 Å². The number of nitrogens with zero attached hydrogens (tertiary/aromatic N) is 3. The Hall–Kier alpha value is -2.19. The minimum absolute atomic E-state index is 0.249. The normalized spacial score (nSPS) is 12.0. The smallest absolute Gasteiger partial charge is 0.316 e. The Morgan fingerprint density at radius 2 is 1.81 bits per heavy atom. The highest BCUT2D eigenvalue weighted by atomic mass is 79.9. The lowest BCUT2D eigenvalue weighted by Gasteiger charge is -2.14. The number of aliphatic imine (C=N–C) groups is 1. The molecule has 8 heteroatoms. The molecule has 26 heavy (non-hydrogen) atoms. The van der Waals surface area contributed by atoms with Gasteiger partial charge in [-0.3, -0.25) is 0 Å². The zero-order chi connectivity index (χ0) is 18.9. The van der Waals surface area contributed by atoms with Gasteiger partial charge in [0.25, 0.3) is 0 Å². The second-order valence-electron chi connectivity index (χ2n) is 4.98. The van der Waals surface area contributed by atoms with Gasteiger partial charge < -0.3 is 15.2 Å². The van der Waals surface area contributed by atoms with Crippen LogP contribution in [0.25, 0.3) is 5.57 Å². The highest BCUT2D eigenvalue weighted by Crippen LogP contribution is 2.26. The standard InChI is InChI=1S/C18H18Br2N4O2/c1-3-22-17(16(12(2)21)13-4-6-14(19)7-5-13)25-8-9-26-18-23-10-15(20)11-24-18/h3-7,10-11H,2,8-9,21H2,1H3/b17-16-,22-3-. The molecule has 0 aliphatic rings. The Labute approximate surface area is 169 Å². The van der Waals surface area contributed by atoms with Gasteiger partial charge >= 0.3 is 6.01 Å². The van der Waals surface area contributed by atoms with Gasteiger partial charge in [0.2, 0.25) is 5.88 Å². The molecule has 0 fully saturated rings. The average molecular weight is 482 g/mol. The number of hydrogen-bond acceptors (Lipinski definition) is 6. The summed E-state index contributed by atoms with van der Waals surface area (Å²) < 4.78 is 13.0. The molecule has 0 aliphatic heterocycles.